The van der Waals surface area contributed by atoms with E-state index in [0.29, 0.717) is 29.0 Å². The summed E-state index contributed by atoms with van der Waals surface area (Å²) in [7, 11) is -3.41. The van der Waals surface area contributed by atoms with Gasteiger partial charge in [0.05, 0.1) is 15.1 Å². The van der Waals surface area contributed by atoms with Crippen LogP contribution in [0.25, 0.3) is 10.2 Å². The average molecular weight is 311 g/mol. The molecule has 20 heavy (non-hydrogen) atoms. The van der Waals surface area contributed by atoms with Gasteiger partial charge < -0.3 is 5.73 Å². The average Bonchev–Trinajstić information content (AvgIpc) is 2.77. The van der Waals surface area contributed by atoms with Crippen molar-refractivity contribution < 1.29 is 8.42 Å². The van der Waals surface area contributed by atoms with Crippen LogP contribution in [0.1, 0.15) is 19.8 Å². The second-order valence-electron chi connectivity index (χ2n) is 5.29. The number of benzene rings is 1. The Hall–Kier alpha value is -1.18. The number of nitrogen functional groups attached to an aromatic ring is 1. The molecule has 2 N–H and O–H groups in total. The molecule has 0 bridgehead atoms. The van der Waals surface area contributed by atoms with Crippen molar-refractivity contribution in [2.75, 3.05) is 18.8 Å². The molecule has 1 aromatic carbocycles. The first-order chi connectivity index (χ1) is 9.46. The predicted octanol–water partition coefficient (Wildman–Crippen LogP) is 2.30. The molecule has 0 radical (unpaired) electrons. The Kier molecular flexibility index (Phi) is 3.43. The van der Waals surface area contributed by atoms with Gasteiger partial charge in [0.1, 0.15) is 0 Å². The van der Waals surface area contributed by atoms with Crippen LogP contribution >= 0.6 is 11.3 Å². The molecule has 3 rings (SSSR count). The summed E-state index contributed by atoms with van der Waals surface area (Å²) in [6.07, 6.45) is 2.02. The van der Waals surface area contributed by atoms with E-state index in [0.717, 1.165) is 23.1 Å². The van der Waals surface area contributed by atoms with Crippen LogP contribution in [0.3, 0.4) is 0 Å². The van der Waals surface area contributed by atoms with Crippen molar-refractivity contribution in [3.63, 3.8) is 0 Å². The number of nitrogens with zero attached hydrogens (tertiary/aromatic N) is 2. The van der Waals surface area contributed by atoms with Gasteiger partial charge in [-0.25, -0.2) is 13.4 Å². The molecule has 1 atom stereocenters. The van der Waals surface area contributed by atoms with Gasteiger partial charge in [-0.1, -0.05) is 18.3 Å². The molecule has 108 valence electrons. The minimum absolute atomic E-state index is 0.336. The number of hydrogen-bond donors (Lipinski definition) is 1. The van der Waals surface area contributed by atoms with Gasteiger partial charge in [-0.05, 0) is 37.0 Å². The van der Waals surface area contributed by atoms with Crippen molar-refractivity contribution in [1.82, 2.24) is 9.29 Å². The van der Waals surface area contributed by atoms with Crippen molar-refractivity contribution >= 4 is 36.7 Å². The fourth-order valence-corrected chi connectivity index (χ4v) is 5.07. The molecule has 0 aliphatic carbocycles. The standard InChI is InChI=1S/C13H17N3O2S2/c1-9-3-2-6-16(8-9)20(17,18)10-4-5-11-12(7-10)19-13(14)15-11/h4-5,7,9H,2-3,6,8H2,1H3,(H2,14,15). The van der Waals surface area contributed by atoms with E-state index in [1.165, 1.54) is 11.3 Å². The minimum Gasteiger partial charge on any atom is -0.375 e. The third kappa shape index (κ3) is 2.41. The highest BCUT2D eigenvalue weighted by molar-refractivity contribution is 7.89. The van der Waals surface area contributed by atoms with E-state index >= 15 is 0 Å². The Balaban J connectivity index is 1.99. The lowest BCUT2D eigenvalue weighted by molar-refractivity contribution is 0.281. The number of nitrogens with two attached hydrogens (primary N) is 1. The number of aromatic nitrogens is 1. The van der Waals surface area contributed by atoms with E-state index in [-0.39, 0.29) is 0 Å². The van der Waals surface area contributed by atoms with Crippen LogP contribution in [0.4, 0.5) is 5.13 Å². The molecule has 0 spiro atoms. The second kappa shape index (κ2) is 4.98. The van der Waals surface area contributed by atoms with E-state index in [4.69, 9.17) is 5.73 Å². The maximum Gasteiger partial charge on any atom is 0.243 e. The Labute approximate surface area is 122 Å². The molecular formula is C13H17N3O2S2. The molecule has 1 unspecified atom stereocenters. The molecular weight excluding hydrogens is 294 g/mol. The predicted molar refractivity (Wildman–Crippen MR) is 81.2 cm³/mol. The maximum atomic E-state index is 12.7. The number of piperidine rings is 1. The van der Waals surface area contributed by atoms with Gasteiger partial charge in [-0.2, -0.15) is 4.31 Å². The van der Waals surface area contributed by atoms with Gasteiger partial charge in [0.2, 0.25) is 10.0 Å². The Morgan fingerprint density at radius 3 is 3.00 bits per heavy atom. The summed E-state index contributed by atoms with van der Waals surface area (Å²) in [6.45, 7) is 3.30. The first-order valence-corrected chi connectivity index (χ1v) is 8.89. The van der Waals surface area contributed by atoms with Crippen molar-refractivity contribution in [2.24, 2.45) is 5.92 Å². The minimum atomic E-state index is -3.41. The lowest BCUT2D eigenvalue weighted by Crippen LogP contribution is -2.39. The number of hydrogen-bond acceptors (Lipinski definition) is 5. The van der Waals surface area contributed by atoms with Crippen molar-refractivity contribution in [3.05, 3.63) is 18.2 Å². The molecule has 2 heterocycles. The fraction of sp³-hybridized carbons (Fsp3) is 0.462. The zero-order valence-corrected chi connectivity index (χ0v) is 12.9. The van der Waals surface area contributed by atoms with Crippen molar-refractivity contribution in [1.29, 1.82) is 0 Å². The van der Waals surface area contributed by atoms with Gasteiger partial charge in [-0.3, -0.25) is 0 Å². The van der Waals surface area contributed by atoms with Crippen LogP contribution in [0.2, 0.25) is 0 Å². The molecule has 7 heteroatoms. The number of fused-ring (bicyclic) bond motifs is 1. The zero-order valence-electron chi connectivity index (χ0n) is 11.2. The summed E-state index contributed by atoms with van der Waals surface area (Å²) >= 11 is 1.31. The van der Waals surface area contributed by atoms with Gasteiger partial charge in [0.15, 0.2) is 5.13 Å². The van der Waals surface area contributed by atoms with Gasteiger partial charge >= 0.3 is 0 Å². The van der Waals surface area contributed by atoms with Crippen LogP contribution in [0.15, 0.2) is 23.1 Å². The molecule has 2 aromatic rings. The molecule has 0 saturated carbocycles. The third-order valence-electron chi connectivity index (χ3n) is 3.63. The first-order valence-electron chi connectivity index (χ1n) is 6.63. The molecule has 0 amide bonds. The van der Waals surface area contributed by atoms with E-state index in [1.807, 2.05) is 0 Å². The number of sulfonamides is 1. The van der Waals surface area contributed by atoms with Crippen LogP contribution in [0, 0.1) is 5.92 Å². The maximum absolute atomic E-state index is 12.7. The Morgan fingerprint density at radius 2 is 2.25 bits per heavy atom. The Bertz CT molecular complexity index is 739. The van der Waals surface area contributed by atoms with Crippen LogP contribution < -0.4 is 5.73 Å². The molecule has 1 aliphatic rings. The summed E-state index contributed by atoms with van der Waals surface area (Å²) in [4.78, 5) is 4.48. The molecule has 1 aliphatic heterocycles. The summed E-state index contributed by atoms with van der Waals surface area (Å²) in [5.74, 6) is 0.418. The van der Waals surface area contributed by atoms with Gasteiger partial charge in [0, 0.05) is 13.1 Å². The van der Waals surface area contributed by atoms with Crippen LogP contribution in [-0.2, 0) is 10.0 Å². The van der Waals surface area contributed by atoms with E-state index in [2.05, 4.69) is 11.9 Å². The molecule has 5 nitrogen and oxygen atoms in total. The summed E-state index contributed by atoms with van der Waals surface area (Å²) in [5, 5.41) is 0.459. The second-order valence-corrected chi connectivity index (χ2v) is 8.29. The lowest BCUT2D eigenvalue weighted by atomic mass is 10.0. The van der Waals surface area contributed by atoms with E-state index in [1.54, 1.807) is 22.5 Å². The van der Waals surface area contributed by atoms with Gasteiger partial charge in [-0.15, -0.1) is 0 Å². The monoisotopic (exact) mass is 311 g/mol. The number of thiazole rings is 1. The summed E-state index contributed by atoms with van der Waals surface area (Å²) in [5.41, 5.74) is 6.41. The molecule has 1 fully saturated rings. The van der Waals surface area contributed by atoms with Crippen LogP contribution in [-0.4, -0.2) is 30.8 Å². The quantitative estimate of drug-likeness (QED) is 0.923. The van der Waals surface area contributed by atoms with Crippen molar-refractivity contribution in [2.45, 2.75) is 24.7 Å². The van der Waals surface area contributed by atoms with Crippen molar-refractivity contribution in [3.8, 4) is 0 Å². The zero-order chi connectivity index (χ0) is 14.3. The summed E-state index contributed by atoms with van der Waals surface area (Å²) in [6, 6.07) is 5.02. The Morgan fingerprint density at radius 1 is 1.45 bits per heavy atom. The lowest BCUT2D eigenvalue weighted by Gasteiger charge is -2.30. The topological polar surface area (TPSA) is 76.3 Å². The highest BCUT2D eigenvalue weighted by atomic mass is 32.2. The smallest absolute Gasteiger partial charge is 0.243 e. The largest absolute Gasteiger partial charge is 0.375 e. The third-order valence-corrected chi connectivity index (χ3v) is 6.34. The fourth-order valence-electron chi connectivity index (χ4n) is 2.60. The van der Waals surface area contributed by atoms with E-state index in [9.17, 15) is 8.42 Å². The molecule has 1 aromatic heterocycles. The normalized spacial score (nSPS) is 21.4. The first kappa shape index (κ1) is 13.8. The summed E-state index contributed by atoms with van der Waals surface area (Å²) < 4.78 is 27.7. The number of anilines is 1. The van der Waals surface area contributed by atoms with E-state index < -0.39 is 10.0 Å². The highest BCUT2D eigenvalue weighted by Gasteiger charge is 2.28. The number of rotatable bonds is 2. The van der Waals surface area contributed by atoms with Gasteiger partial charge in [0.25, 0.3) is 0 Å². The highest BCUT2D eigenvalue weighted by Crippen LogP contribution is 2.29. The molecule has 1 saturated heterocycles. The van der Waals surface area contributed by atoms with Crippen LogP contribution in [0.5, 0.6) is 0 Å². The SMILES string of the molecule is CC1CCCN(S(=O)(=O)c2ccc3nc(N)sc3c2)C1.